The van der Waals surface area contributed by atoms with Crippen molar-refractivity contribution in [1.82, 2.24) is 9.55 Å². The van der Waals surface area contributed by atoms with Crippen molar-refractivity contribution in [3.63, 3.8) is 0 Å². The van der Waals surface area contributed by atoms with Crippen LogP contribution in [-0.2, 0) is 5.54 Å². The number of halogens is 4. The number of fused-ring (bicyclic) bond motifs is 1. The SMILES string of the molecule is C[C@@H](Nc1cc(Cl)nc2cc(=O)n(C3(C)CC3)cc12)c1cccc(C(F)F)c1F. The smallest absolute Gasteiger partial charge is 0.266 e. The minimum absolute atomic E-state index is 0.117. The van der Waals surface area contributed by atoms with Gasteiger partial charge >= 0.3 is 0 Å². The number of nitrogens with zero attached hydrogens (tertiary/aromatic N) is 2. The van der Waals surface area contributed by atoms with Gasteiger partial charge in [0, 0.05) is 34.4 Å². The zero-order valence-corrected chi connectivity index (χ0v) is 16.6. The van der Waals surface area contributed by atoms with Crippen molar-refractivity contribution < 1.29 is 13.2 Å². The monoisotopic (exact) mass is 421 g/mol. The molecular weight excluding hydrogens is 403 g/mol. The van der Waals surface area contributed by atoms with Crippen molar-refractivity contribution in [2.75, 3.05) is 5.32 Å². The van der Waals surface area contributed by atoms with Gasteiger partial charge in [-0.3, -0.25) is 4.79 Å². The Labute approximate surface area is 170 Å². The third kappa shape index (κ3) is 3.59. The number of benzene rings is 1. The number of aromatic nitrogens is 2. The van der Waals surface area contributed by atoms with Crippen molar-refractivity contribution in [2.45, 2.75) is 44.7 Å². The topological polar surface area (TPSA) is 46.9 Å². The maximum atomic E-state index is 14.5. The second kappa shape index (κ2) is 7.06. The first kappa shape index (κ1) is 19.8. The van der Waals surface area contributed by atoms with E-state index in [1.165, 1.54) is 18.2 Å². The number of alkyl halides is 2. The average molecular weight is 422 g/mol. The summed E-state index contributed by atoms with van der Waals surface area (Å²) < 4.78 is 42.3. The molecular formula is C21H19ClF3N3O. The van der Waals surface area contributed by atoms with Gasteiger partial charge in [0.15, 0.2) is 0 Å². The molecule has 1 aliphatic carbocycles. The third-order valence-corrected chi connectivity index (χ3v) is 5.69. The van der Waals surface area contributed by atoms with E-state index in [2.05, 4.69) is 10.3 Å². The molecule has 4 rings (SSSR count). The first-order valence-corrected chi connectivity index (χ1v) is 9.64. The highest BCUT2D eigenvalue weighted by Gasteiger charge is 2.40. The fraction of sp³-hybridized carbons (Fsp3) is 0.333. The van der Waals surface area contributed by atoms with Crippen molar-refractivity contribution in [3.05, 3.63) is 69.0 Å². The molecule has 4 nitrogen and oxygen atoms in total. The minimum atomic E-state index is -2.90. The maximum Gasteiger partial charge on any atom is 0.266 e. The summed E-state index contributed by atoms with van der Waals surface area (Å²) in [5.74, 6) is -0.936. The Kier molecular flexibility index (Phi) is 4.81. The van der Waals surface area contributed by atoms with E-state index < -0.39 is 23.8 Å². The quantitative estimate of drug-likeness (QED) is 0.529. The molecule has 1 N–H and O–H groups in total. The molecule has 2 aromatic heterocycles. The van der Waals surface area contributed by atoms with Crippen LogP contribution in [0.2, 0.25) is 5.15 Å². The lowest BCUT2D eigenvalue weighted by molar-refractivity contribution is 0.146. The summed E-state index contributed by atoms with van der Waals surface area (Å²) in [7, 11) is 0. The lowest BCUT2D eigenvalue weighted by Crippen LogP contribution is -2.27. The van der Waals surface area contributed by atoms with Gasteiger partial charge in [-0.05, 0) is 32.8 Å². The Morgan fingerprint density at radius 1 is 1.24 bits per heavy atom. The average Bonchev–Trinajstić information content (AvgIpc) is 3.39. The molecule has 1 fully saturated rings. The number of pyridine rings is 2. The molecule has 3 aromatic rings. The van der Waals surface area contributed by atoms with Crippen LogP contribution < -0.4 is 10.9 Å². The van der Waals surface area contributed by atoms with Crippen LogP contribution >= 0.6 is 11.6 Å². The van der Waals surface area contributed by atoms with Gasteiger partial charge in [0.1, 0.15) is 11.0 Å². The molecule has 0 spiro atoms. The molecule has 0 saturated heterocycles. The lowest BCUT2D eigenvalue weighted by atomic mass is 10.0. The molecule has 29 heavy (non-hydrogen) atoms. The fourth-order valence-corrected chi connectivity index (χ4v) is 3.71. The summed E-state index contributed by atoms with van der Waals surface area (Å²) in [5, 5.41) is 3.97. The second-order valence-electron chi connectivity index (χ2n) is 7.69. The molecule has 0 radical (unpaired) electrons. The van der Waals surface area contributed by atoms with Crippen LogP contribution in [-0.4, -0.2) is 9.55 Å². The van der Waals surface area contributed by atoms with Crippen LogP contribution in [0.25, 0.3) is 10.9 Å². The van der Waals surface area contributed by atoms with Crippen molar-refractivity contribution in [2.24, 2.45) is 0 Å². The highest BCUT2D eigenvalue weighted by molar-refractivity contribution is 6.30. The van der Waals surface area contributed by atoms with Gasteiger partial charge in [-0.1, -0.05) is 29.8 Å². The number of nitrogens with one attached hydrogen (secondary N) is 1. The standard InChI is InChI=1S/C21H19ClF3N3O/c1-11(12-4-3-5-13(19(12)23)20(24)25)26-15-8-17(22)27-16-9-18(29)28(10-14(15)16)21(2)6-7-21/h3-5,8-11,20,26H,6-7H2,1-2H3/t11-/m1/s1. The lowest BCUT2D eigenvalue weighted by Gasteiger charge is -2.20. The zero-order chi connectivity index (χ0) is 20.9. The van der Waals surface area contributed by atoms with Crippen LogP contribution in [0.15, 0.2) is 41.3 Å². The highest BCUT2D eigenvalue weighted by Crippen LogP contribution is 2.42. The van der Waals surface area contributed by atoms with Crippen LogP contribution in [0.5, 0.6) is 0 Å². The van der Waals surface area contributed by atoms with E-state index in [1.54, 1.807) is 23.8 Å². The van der Waals surface area contributed by atoms with Gasteiger partial charge in [-0.25, -0.2) is 18.2 Å². The summed E-state index contributed by atoms with van der Waals surface area (Å²) in [5.41, 5.74) is 0.0651. The molecule has 0 amide bonds. The van der Waals surface area contributed by atoms with Crippen molar-refractivity contribution in [1.29, 1.82) is 0 Å². The van der Waals surface area contributed by atoms with E-state index >= 15 is 0 Å². The Hall–Kier alpha value is -2.54. The highest BCUT2D eigenvalue weighted by atomic mass is 35.5. The number of anilines is 1. The molecule has 1 saturated carbocycles. The molecule has 8 heteroatoms. The Bertz CT molecular complexity index is 1160. The molecule has 152 valence electrons. The van der Waals surface area contributed by atoms with E-state index in [0.717, 1.165) is 18.9 Å². The van der Waals surface area contributed by atoms with E-state index in [-0.39, 0.29) is 21.8 Å². The molecule has 2 heterocycles. The van der Waals surface area contributed by atoms with Crippen molar-refractivity contribution in [3.8, 4) is 0 Å². The predicted octanol–water partition coefficient (Wildman–Crippen LogP) is 5.81. The first-order chi connectivity index (χ1) is 13.7. The minimum Gasteiger partial charge on any atom is -0.378 e. The van der Waals surface area contributed by atoms with Crippen LogP contribution in [0.4, 0.5) is 18.9 Å². The number of hydrogen-bond donors (Lipinski definition) is 1. The summed E-state index contributed by atoms with van der Waals surface area (Å²) in [4.78, 5) is 16.7. The summed E-state index contributed by atoms with van der Waals surface area (Å²) in [6.45, 7) is 3.68. The van der Waals surface area contributed by atoms with E-state index in [1.807, 2.05) is 6.92 Å². The molecule has 1 atom stereocenters. The van der Waals surface area contributed by atoms with E-state index in [4.69, 9.17) is 11.6 Å². The molecule has 0 aliphatic heterocycles. The van der Waals surface area contributed by atoms with Gasteiger partial charge < -0.3 is 9.88 Å². The second-order valence-corrected chi connectivity index (χ2v) is 8.07. The van der Waals surface area contributed by atoms with Crippen LogP contribution in [0.3, 0.4) is 0 Å². The van der Waals surface area contributed by atoms with Gasteiger partial charge in [-0.15, -0.1) is 0 Å². The summed E-state index contributed by atoms with van der Waals surface area (Å²) >= 11 is 6.11. The molecule has 1 aliphatic rings. The van der Waals surface area contributed by atoms with Crippen LogP contribution in [0.1, 0.15) is 50.3 Å². The van der Waals surface area contributed by atoms with Gasteiger partial charge in [0.25, 0.3) is 12.0 Å². The number of rotatable bonds is 5. The third-order valence-electron chi connectivity index (χ3n) is 5.50. The van der Waals surface area contributed by atoms with E-state index in [0.29, 0.717) is 16.6 Å². The molecule has 1 aromatic carbocycles. The zero-order valence-electron chi connectivity index (χ0n) is 15.8. The first-order valence-electron chi connectivity index (χ1n) is 9.26. The summed E-state index contributed by atoms with van der Waals surface area (Å²) in [6, 6.07) is 6.33. The van der Waals surface area contributed by atoms with E-state index in [9.17, 15) is 18.0 Å². The van der Waals surface area contributed by atoms with Crippen LogP contribution in [0, 0.1) is 5.82 Å². The molecule has 0 bridgehead atoms. The predicted molar refractivity (Wildman–Crippen MR) is 107 cm³/mol. The Balaban J connectivity index is 1.78. The summed E-state index contributed by atoms with van der Waals surface area (Å²) in [6.07, 6.45) is 0.649. The number of hydrogen-bond acceptors (Lipinski definition) is 3. The Morgan fingerprint density at radius 2 is 1.93 bits per heavy atom. The fourth-order valence-electron chi connectivity index (χ4n) is 3.51. The Morgan fingerprint density at radius 3 is 2.59 bits per heavy atom. The normalized spacial score (nSPS) is 16.2. The van der Waals surface area contributed by atoms with Gasteiger partial charge in [0.05, 0.1) is 17.1 Å². The van der Waals surface area contributed by atoms with Crippen molar-refractivity contribution >= 4 is 28.2 Å². The molecule has 0 unspecified atom stereocenters. The largest absolute Gasteiger partial charge is 0.378 e. The van der Waals surface area contributed by atoms with Gasteiger partial charge in [-0.2, -0.15) is 0 Å². The maximum absolute atomic E-state index is 14.5. The van der Waals surface area contributed by atoms with Gasteiger partial charge in [0.2, 0.25) is 0 Å².